The Hall–Kier alpha value is -1.30. The van der Waals surface area contributed by atoms with Crippen LogP contribution in [0.3, 0.4) is 0 Å². The number of carbonyl (C=O) groups excluding carboxylic acids is 2. The highest BCUT2D eigenvalue weighted by atomic mass is 16.6. The monoisotopic (exact) mass is 259 g/mol. The normalized spacial score (nSPS) is 23.9. The van der Waals surface area contributed by atoms with Gasteiger partial charge in [0.25, 0.3) is 0 Å². The van der Waals surface area contributed by atoms with Crippen molar-refractivity contribution in [2.24, 2.45) is 0 Å². The number of ether oxygens (including phenoxy) is 2. The van der Waals surface area contributed by atoms with Crippen molar-refractivity contribution in [3.05, 3.63) is 0 Å². The van der Waals surface area contributed by atoms with E-state index in [4.69, 9.17) is 9.47 Å². The van der Waals surface area contributed by atoms with E-state index in [0.29, 0.717) is 12.8 Å². The number of nitrogens with zero attached hydrogens (tertiary/aromatic N) is 1. The summed E-state index contributed by atoms with van der Waals surface area (Å²) in [6, 6.07) is -0.755. The van der Waals surface area contributed by atoms with E-state index in [1.165, 1.54) is 0 Å². The average Bonchev–Trinajstić information content (AvgIpc) is 2.58. The predicted molar refractivity (Wildman–Crippen MR) is 63.7 cm³/mol. The van der Waals surface area contributed by atoms with Crippen LogP contribution in [0.25, 0.3) is 0 Å². The Morgan fingerprint density at radius 3 is 2.44 bits per heavy atom. The van der Waals surface area contributed by atoms with Crippen molar-refractivity contribution in [2.45, 2.75) is 58.4 Å². The van der Waals surface area contributed by atoms with Gasteiger partial charge in [-0.05, 0) is 40.5 Å². The number of hydrogen-bond donors (Lipinski definition) is 1. The first-order valence-corrected chi connectivity index (χ1v) is 6.12. The van der Waals surface area contributed by atoms with E-state index >= 15 is 0 Å². The standard InChI is InChI=1S/C12H21NO5/c1-5-17-10(15)8-6-7-9(14)13(8)11(16)18-12(2,3)4/h8-9,14H,5-7H2,1-4H3. The molecule has 1 rings (SSSR count). The van der Waals surface area contributed by atoms with Crippen LogP contribution in [0, 0.1) is 0 Å². The van der Waals surface area contributed by atoms with Gasteiger partial charge in [-0.1, -0.05) is 0 Å². The van der Waals surface area contributed by atoms with E-state index in [9.17, 15) is 14.7 Å². The van der Waals surface area contributed by atoms with Crippen LogP contribution in [0.5, 0.6) is 0 Å². The molecule has 1 fully saturated rings. The van der Waals surface area contributed by atoms with Gasteiger partial charge >= 0.3 is 12.1 Å². The second-order valence-corrected chi connectivity index (χ2v) is 5.21. The number of amides is 1. The van der Waals surface area contributed by atoms with Crippen molar-refractivity contribution >= 4 is 12.1 Å². The van der Waals surface area contributed by atoms with E-state index in [1.54, 1.807) is 27.7 Å². The fraction of sp³-hybridized carbons (Fsp3) is 0.833. The molecule has 2 atom stereocenters. The minimum Gasteiger partial charge on any atom is -0.464 e. The van der Waals surface area contributed by atoms with Gasteiger partial charge < -0.3 is 14.6 Å². The van der Waals surface area contributed by atoms with Crippen LogP contribution in [0.1, 0.15) is 40.5 Å². The van der Waals surface area contributed by atoms with Gasteiger partial charge in [0.1, 0.15) is 17.9 Å². The quantitative estimate of drug-likeness (QED) is 0.756. The number of likely N-dealkylation sites (tertiary alicyclic amines) is 1. The zero-order valence-electron chi connectivity index (χ0n) is 11.3. The SMILES string of the molecule is CCOC(=O)C1CCC(O)N1C(=O)OC(C)(C)C. The molecule has 0 saturated carbocycles. The van der Waals surface area contributed by atoms with Crippen LogP contribution in [0.4, 0.5) is 4.79 Å². The third-order valence-corrected chi connectivity index (χ3v) is 2.52. The topological polar surface area (TPSA) is 76.1 Å². The third-order valence-electron chi connectivity index (χ3n) is 2.52. The molecular formula is C12H21NO5. The summed E-state index contributed by atoms with van der Waals surface area (Å²) < 4.78 is 10.1. The van der Waals surface area contributed by atoms with Crippen molar-refractivity contribution in [1.82, 2.24) is 4.90 Å². The largest absolute Gasteiger partial charge is 0.464 e. The fourth-order valence-corrected chi connectivity index (χ4v) is 1.83. The summed E-state index contributed by atoms with van der Waals surface area (Å²) in [5, 5.41) is 9.76. The second kappa shape index (κ2) is 5.56. The molecule has 1 aliphatic heterocycles. The first-order valence-electron chi connectivity index (χ1n) is 6.12. The number of rotatable bonds is 2. The molecule has 1 aliphatic rings. The summed E-state index contributed by atoms with van der Waals surface area (Å²) in [6.45, 7) is 7.13. The molecule has 0 spiro atoms. The Kier molecular flexibility index (Phi) is 4.56. The predicted octanol–water partition coefficient (Wildman–Crippen LogP) is 1.27. The molecule has 0 aromatic heterocycles. The minimum atomic E-state index is -0.991. The molecule has 1 amide bonds. The molecule has 1 N–H and O–H groups in total. The Morgan fingerprint density at radius 2 is 1.94 bits per heavy atom. The molecule has 104 valence electrons. The van der Waals surface area contributed by atoms with Crippen molar-refractivity contribution in [1.29, 1.82) is 0 Å². The lowest BCUT2D eigenvalue weighted by molar-refractivity contribution is -0.150. The van der Waals surface area contributed by atoms with Gasteiger partial charge in [0.2, 0.25) is 0 Å². The highest BCUT2D eigenvalue weighted by molar-refractivity contribution is 5.82. The molecule has 2 unspecified atom stereocenters. The molecule has 18 heavy (non-hydrogen) atoms. The van der Waals surface area contributed by atoms with Gasteiger partial charge in [-0.3, -0.25) is 4.90 Å². The van der Waals surface area contributed by atoms with E-state index < -0.39 is 29.9 Å². The molecule has 1 heterocycles. The molecule has 0 radical (unpaired) electrons. The van der Waals surface area contributed by atoms with Gasteiger partial charge in [0.15, 0.2) is 0 Å². The first-order chi connectivity index (χ1) is 8.26. The second-order valence-electron chi connectivity index (χ2n) is 5.21. The summed E-state index contributed by atoms with van der Waals surface area (Å²) in [5.41, 5.74) is -0.668. The van der Waals surface area contributed by atoms with E-state index in [2.05, 4.69) is 0 Å². The number of aliphatic hydroxyl groups is 1. The minimum absolute atomic E-state index is 0.244. The molecule has 0 aromatic carbocycles. The van der Waals surface area contributed by atoms with Gasteiger partial charge in [0, 0.05) is 0 Å². The van der Waals surface area contributed by atoms with Crippen molar-refractivity contribution in [2.75, 3.05) is 6.61 Å². The highest BCUT2D eigenvalue weighted by Gasteiger charge is 2.42. The van der Waals surface area contributed by atoms with Crippen LogP contribution >= 0.6 is 0 Å². The van der Waals surface area contributed by atoms with Crippen molar-refractivity contribution in [3.63, 3.8) is 0 Å². The van der Waals surface area contributed by atoms with E-state index in [-0.39, 0.29) is 6.61 Å². The van der Waals surface area contributed by atoms with Crippen LogP contribution in [0.2, 0.25) is 0 Å². The maximum atomic E-state index is 11.9. The van der Waals surface area contributed by atoms with Gasteiger partial charge in [-0.15, -0.1) is 0 Å². The molecule has 0 aliphatic carbocycles. The van der Waals surface area contributed by atoms with Crippen LogP contribution in [-0.4, -0.2) is 46.5 Å². The summed E-state index contributed by atoms with van der Waals surface area (Å²) in [4.78, 5) is 24.7. The lowest BCUT2D eigenvalue weighted by Crippen LogP contribution is -2.47. The summed E-state index contributed by atoms with van der Waals surface area (Å²) >= 11 is 0. The number of hydrogen-bond acceptors (Lipinski definition) is 5. The Bertz CT molecular complexity index is 323. The summed E-state index contributed by atoms with van der Waals surface area (Å²) in [6.07, 6.45) is -0.943. The Morgan fingerprint density at radius 1 is 1.33 bits per heavy atom. The fourth-order valence-electron chi connectivity index (χ4n) is 1.83. The average molecular weight is 259 g/mol. The molecular weight excluding hydrogens is 238 g/mol. The van der Waals surface area contributed by atoms with Crippen LogP contribution in [0.15, 0.2) is 0 Å². The summed E-state index contributed by atoms with van der Waals surface area (Å²) in [7, 11) is 0. The van der Waals surface area contributed by atoms with E-state index in [1.807, 2.05) is 0 Å². The Labute approximate surface area is 107 Å². The van der Waals surface area contributed by atoms with E-state index in [0.717, 1.165) is 4.90 Å². The lowest BCUT2D eigenvalue weighted by atomic mass is 10.2. The lowest BCUT2D eigenvalue weighted by Gasteiger charge is -2.29. The highest BCUT2D eigenvalue weighted by Crippen LogP contribution is 2.25. The Balaban J connectivity index is 2.76. The van der Waals surface area contributed by atoms with Crippen LogP contribution < -0.4 is 0 Å². The molecule has 6 heteroatoms. The number of aliphatic hydroxyl groups excluding tert-OH is 1. The molecule has 0 aromatic rings. The first kappa shape index (κ1) is 14.8. The zero-order valence-corrected chi connectivity index (χ0v) is 11.3. The number of esters is 1. The molecule has 6 nitrogen and oxygen atoms in total. The summed E-state index contributed by atoms with van der Waals surface area (Å²) in [5.74, 6) is -0.500. The van der Waals surface area contributed by atoms with Crippen molar-refractivity contribution < 1.29 is 24.2 Å². The molecule has 0 bridgehead atoms. The van der Waals surface area contributed by atoms with Gasteiger partial charge in [-0.25, -0.2) is 9.59 Å². The number of carbonyl (C=O) groups is 2. The van der Waals surface area contributed by atoms with Gasteiger partial charge in [-0.2, -0.15) is 0 Å². The smallest absolute Gasteiger partial charge is 0.413 e. The van der Waals surface area contributed by atoms with Crippen LogP contribution in [-0.2, 0) is 14.3 Å². The maximum Gasteiger partial charge on any atom is 0.413 e. The molecule has 1 saturated heterocycles. The maximum absolute atomic E-state index is 11.9. The van der Waals surface area contributed by atoms with Gasteiger partial charge in [0.05, 0.1) is 6.61 Å². The van der Waals surface area contributed by atoms with Crippen molar-refractivity contribution in [3.8, 4) is 0 Å². The third kappa shape index (κ3) is 3.60. The zero-order chi connectivity index (χ0) is 13.9.